The van der Waals surface area contributed by atoms with E-state index in [1.165, 1.54) is 0 Å². The molecule has 1 aromatic heterocycles. The quantitative estimate of drug-likeness (QED) is 0.589. The minimum absolute atomic E-state index is 0.0858. The predicted octanol–water partition coefficient (Wildman–Crippen LogP) is 3.33. The van der Waals surface area contributed by atoms with Crippen LogP contribution in [0.4, 0.5) is 0 Å². The van der Waals surface area contributed by atoms with Crippen LogP contribution < -0.4 is 10.2 Å². The standard InChI is InChI=1S/C24H23ClN2O5/c1-30-17-5-6-18-19(14-17)32-23-20(22(18)28)21(15-3-2-4-16(25)13-15)27(24(23)29)8-7-26-9-11-31-12-10-26/h2-6,13-14,21H,7-12H2,1H3/t21-/m1/s1. The molecule has 0 saturated carbocycles. The summed E-state index contributed by atoms with van der Waals surface area (Å²) < 4.78 is 16.7. The molecule has 8 heteroatoms. The summed E-state index contributed by atoms with van der Waals surface area (Å²) in [5.74, 6) is 0.351. The lowest BCUT2D eigenvalue weighted by molar-refractivity contribution is 0.0314. The molecule has 0 unspecified atom stereocenters. The summed E-state index contributed by atoms with van der Waals surface area (Å²) in [4.78, 5) is 31.0. The Morgan fingerprint density at radius 2 is 1.91 bits per heavy atom. The van der Waals surface area contributed by atoms with E-state index in [0.29, 0.717) is 53.6 Å². The third-order valence-corrected chi connectivity index (χ3v) is 6.34. The van der Waals surface area contributed by atoms with E-state index in [1.54, 1.807) is 42.3 Å². The van der Waals surface area contributed by atoms with Crippen molar-refractivity contribution in [3.63, 3.8) is 0 Å². The highest BCUT2D eigenvalue weighted by Crippen LogP contribution is 2.39. The first-order valence-electron chi connectivity index (χ1n) is 10.6. The minimum Gasteiger partial charge on any atom is -0.497 e. The average Bonchev–Trinajstić information content (AvgIpc) is 3.10. The van der Waals surface area contributed by atoms with Gasteiger partial charge >= 0.3 is 0 Å². The molecular weight excluding hydrogens is 432 g/mol. The summed E-state index contributed by atoms with van der Waals surface area (Å²) in [7, 11) is 1.54. The molecule has 1 atom stereocenters. The van der Waals surface area contributed by atoms with Crippen molar-refractivity contribution in [1.29, 1.82) is 0 Å². The zero-order valence-electron chi connectivity index (χ0n) is 17.7. The lowest BCUT2D eigenvalue weighted by Crippen LogP contribution is -2.42. The van der Waals surface area contributed by atoms with Gasteiger partial charge < -0.3 is 18.8 Å². The number of methoxy groups -OCH3 is 1. The van der Waals surface area contributed by atoms with Gasteiger partial charge in [0.1, 0.15) is 11.3 Å². The molecule has 2 aliphatic rings. The minimum atomic E-state index is -0.556. The Labute approximate surface area is 190 Å². The van der Waals surface area contributed by atoms with Crippen LogP contribution in [0.1, 0.15) is 27.7 Å². The molecule has 0 bridgehead atoms. The molecule has 0 spiro atoms. The number of hydrogen-bond donors (Lipinski definition) is 0. The summed E-state index contributed by atoms with van der Waals surface area (Å²) in [5.41, 5.74) is 1.26. The number of fused-ring (bicyclic) bond motifs is 2. The molecule has 0 N–H and O–H groups in total. The van der Waals surface area contributed by atoms with E-state index in [9.17, 15) is 9.59 Å². The van der Waals surface area contributed by atoms with Crippen molar-refractivity contribution in [3.05, 3.63) is 74.6 Å². The normalized spacial score (nSPS) is 18.9. The number of benzene rings is 2. The van der Waals surface area contributed by atoms with Crippen LogP contribution >= 0.6 is 11.6 Å². The fourth-order valence-corrected chi connectivity index (χ4v) is 4.65. The average molecular weight is 455 g/mol. The summed E-state index contributed by atoms with van der Waals surface area (Å²) in [6, 6.07) is 11.8. The van der Waals surface area contributed by atoms with Crippen molar-refractivity contribution >= 4 is 28.5 Å². The molecule has 0 radical (unpaired) electrons. The molecule has 5 rings (SSSR count). The number of ether oxygens (including phenoxy) is 2. The zero-order valence-corrected chi connectivity index (χ0v) is 18.4. The maximum absolute atomic E-state index is 13.5. The van der Waals surface area contributed by atoms with Gasteiger partial charge in [-0.05, 0) is 29.8 Å². The van der Waals surface area contributed by atoms with E-state index in [0.717, 1.165) is 18.7 Å². The Kier molecular flexibility index (Phi) is 5.63. The van der Waals surface area contributed by atoms with Gasteiger partial charge in [-0.3, -0.25) is 14.5 Å². The van der Waals surface area contributed by atoms with E-state index < -0.39 is 6.04 Å². The van der Waals surface area contributed by atoms with Gasteiger partial charge in [0.25, 0.3) is 5.91 Å². The zero-order chi connectivity index (χ0) is 22.2. The molecule has 1 amide bonds. The van der Waals surface area contributed by atoms with Crippen LogP contribution in [0.5, 0.6) is 5.75 Å². The second-order valence-electron chi connectivity index (χ2n) is 7.95. The number of rotatable bonds is 5. The van der Waals surface area contributed by atoms with Crippen molar-refractivity contribution in [2.45, 2.75) is 6.04 Å². The summed E-state index contributed by atoms with van der Waals surface area (Å²) in [6.45, 7) is 4.13. The molecule has 3 heterocycles. The SMILES string of the molecule is COc1ccc2c(=O)c3c(oc2c1)C(=O)N(CCN1CCOCC1)[C@@H]3c1cccc(Cl)c1. The van der Waals surface area contributed by atoms with Gasteiger partial charge in [0, 0.05) is 37.3 Å². The first-order chi connectivity index (χ1) is 15.6. The number of amides is 1. The number of nitrogens with zero attached hydrogens (tertiary/aromatic N) is 2. The molecule has 1 fully saturated rings. The molecule has 0 aliphatic carbocycles. The summed E-state index contributed by atoms with van der Waals surface area (Å²) >= 11 is 6.26. The van der Waals surface area contributed by atoms with E-state index in [1.807, 2.05) is 12.1 Å². The molecule has 1 saturated heterocycles. The second-order valence-corrected chi connectivity index (χ2v) is 8.38. The molecule has 166 valence electrons. The molecule has 2 aromatic carbocycles. The van der Waals surface area contributed by atoms with Crippen molar-refractivity contribution < 1.29 is 18.7 Å². The van der Waals surface area contributed by atoms with Crippen LogP contribution in [0.15, 0.2) is 51.7 Å². The van der Waals surface area contributed by atoms with E-state index in [4.69, 9.17) is 25.5 Å². The van der Waals surface area contributed by atoms with Gasteiger partial charge in [0.05, 0.1) is 37.3 Å². The van der Waals surface area contributed by atoms with Crippen LogP contribution in [0.25, 0.3) is 11.0 Å². The third-order valence-electron chi connectivity index (χ3n) is 6.10. The van der Waals surface area contributed by atoms with Crippen molar-refractivity contribution in [3.8, 4) is 5.75 Å². The van der Waals surface area contributed by atoms with Gasteiger partial charge in [0.15, 0.2) is 5.43 Å². The Balaban J connectivity index is 1.61. The number of hydrogen-bond acceptors (Lipinski definition) is 6. The predicted molar refractivity (Wildman–Crippen MR) is 121 cm³/mol. The smallest absolute Gasteiger partial charge is 0.290 e. The van der Waals surface area contributed by atoms with Crippen molar-refractivity contribution in [1.82, 2.24) is 9.80 Å². The molecule has 3 aromatic rings. The summed E-state index contributed by atoms with van der Waals surface area (Å²) in [6.07, 6.45) is 0. The molecule has 2 aliphatic heterocycles. The highest BCUT2D eigenvalue weighted by molar-refractivity contribution is 6.30. The van der Waals surface area contributed by atoms with E-state index in [-0.39, 0.29) is 17.1 Å². The van der Waals surface area contributed by atoms with Gasteiger partial charge in [-0.2, -0.15) is 0 Å². The number of morpholine rings is 1. The number of halogens is 1. The van der Waals surface area contributed by atoms with Gasteiger partial charge in [-0.25, -0.2) is 0 Å². The number of carbonyl (C=O) groups is 1. The van der Waals surface area contributed by atoms with E-state index >= 15 is 0 Å². The first-order valence-corrected chi connectivity index (χ1v) is 11.0. The van der Waals surface area contributed by atoms with Crippen molar-refractivity contribution in [2.24, 2.45) is 0 Å². The van der Waals surface area contributed by atoms with Gasteiger partial charge in [-0.15, -0.1) is 0 Å². The summed E-state index contributed by atoms with van der Waals surface area (Å²) in [5, 5.41) is 0.964. The van der Waals surface area contributed by atoms with E-state index in [2.05, 4.69) is 4.90 Å². The monoisotopic (exact) mass is 454 g/mol. The Morgan fingerprint density at radius 1 is 1.09 bits per heavy atom. The van der Waals surface area contributed by atoms with Crippen LogP contribution in [0.2, 0.25) is 5.02 Å². The largest absolute Gasteiger partial charge is 0.497 e. The fourth-order valence-electron chi connectivity index (χ4n) is 4.45. The fraction of sp³-hybridized carbons (Fsp3) is 0.333. The van der Waals surface area contributed by atoms with Crippen LogP contribution in [-0.2, 0) is 4.74 Å². The van der Waals surface area contributed by atoms with Gasteiger partial charge in [-0.1, -0.05) is 23.7 Å². The second kappa shape index (κ2) is 8.58. The number of carbonyl (C=O) groups excluding carboxylic acids is 1. The Morgan fingerprint density at radius 3 is 2.66 bits per heavy atom. The first kappa shape index (κ1) is 21.0. The van der Waals surface area contributed by atoms with Crippen LogP contribution in [-0.4, -0.2) is 62.2 Å². The highest BCUT2D eigenvalue weighted by atomic mass is 35.5. The Bertz CT molecular complexity index is 1230. The topological polar surface area (TPSA) is 72.2 Å². The van der Waals surface area contributed by atoms with Crippen LogP contribution in [0, 0.1) is 0 Å². The lowest BCUT2D eigenvalue weighted by Gasteiger charge is -2.31. The third kappa shape index (κ3) is 3.66. The molecule has 7 nitrogen and oxygen atoms in total. The van der Waals surface area contributed by atoms with Crippen LogP contribution in [0.3, 0.4) is 0 Å². The molecular formula is C24H23ClN2O5. The lowest BCUT2D eigenvalue weighted by atomic mass is 9.98. The highest BCUT2D eigenvalue weighted by Gasteiger charge is 2.42. The van der Waals surface area contributed by atoms with Crippen molar-refractivity contribution in [2.75, 3.05) is 46.5 Å². The Hall–Kier alpha value is -2.87. The maximum atomic E-state index is 13.5. The maximum Gasteiger partial charge on any atom is 0.290 e. The molecule has 32 heavy (non-hydrogen) atoms. The van der Waals surface area contributed by atoms with Gasteiger partial charge in [0.2, 0.25) is 5.76 Å².